The zero-order chi connectivity index (χ0) is 10.0. The molecule has 1 aromatic heterocycles. The van der Waals surface area contributed by atoms with Crippen LogP contribution in [0.15, 0.2) is 17.5 Å². The predicted octanol–water partition coefficient (Wildman–Crippen LogP) is 1.59. The summed E-state index contributed by atoms with van der Waals surface area (Å²) in [5.41, 5.74) is 0.268. The predicted molar refractivity (Wildman–Crippen MR) is 62.0 cm³/mol. The third-order valence-electron chi connectivity index (χ3n) is 2.80. The second-order valence-electron chi connectivity index (χ2n) is 4.60. The summed E-state index contributed by atoms with van der Waals surface area (Å²) in [6, 6.07) is 5.05. The molecule has 2 heterocycles. The van der Waals surface area contributed by atoms with Crippen molar-refractivity contribution in [3.63, 3.8) is 0 Å². The average molecular weight is 210 g/mol. The van der Waals surface area contributed by atoms with Gasteiger partial charge in [0, 0.05) is 36.0 Å². The molecule has 0 amide bonds. The van der Waals surface area contributed by atoms with Gasteiger partial charge >= 0.3 is 0 Å². The van der Waals surface area contributed by atoms with Crippen LogP contribution < -0.4 is 10.6 Å². The number of thiophene rings is 1. The van der Waals surface area contributed by atoms with E-state index in [1.807, 2.05) is 11.3 Å². The number of hydrogen-bond acceptors (Lipinski definition) is 3. The third kappa shape index (κ3) is 2.16. The van der Waals surface area contributed by atoms with Crippen molar-refractivity contribution in [2.45, 2.75) is 25.3 Å². The summed E-state index contributed by atoms with van der Waals surface area (Å²) in [5, 5.41) is 9.02. The van der Waals surface area contributed by atoms with Crippen molar-refractivity contribution < 1.29 is 0 Å². The van der Waals surface area contributed by atoms with Crippen molar-refractivity contribution in [1.82, 2.24) is 10.6 Å². The lowest BCUT2D eigenvalue weighted by atomic mass is 9.91. The van der Waals surface area contributed by atoms with E-state index in [4.69, 9.17) is 0 Å². The van der Waals surface area contributed by atoms with E-state index >= 15 is 0 Å². The molecule has 2 rings (SSSR count). The quantitative estimate of drug-likeness (QED) is 0.788. The Morgan fingerprint density at radius 1 is 1.57 bits per heavy atom. The minimum absolute atomic E-state index is 0.268. The molecule has 1 fully saturated rings. The van der Waals surface area contributed by atoms with Gasteiger partial charge in [0.1, 0.15) is 0 Å². The molecule has 0 unspecified atom stereocenters. The van der Waals surface area contributed by atoms with Crippen LogP contribution in [0.3, 0.4) is 0 Å². The normalized spacial score (nSPS) is 18.1. The molecule has 78 valence electrons. The van der Waals surface area contributed by atoms with Crippen molar-refractivity contribution in [2.75, 3.05) is 19.6 Å². The fourth-order valence-electron chi connectivity index (χ4n) is 1.58. The number of hydrogen-bond donors (Lipinski definition) is 2. The molecule has 1 aliphatic rings. The minimum atomic E-state index is 0.268. The summed E-state index contributed by atoms with van der Waals surface area (Å²) in [5.74, 6) is 0. The molecular formula is C11H18N2S. The molecule has 0 atom stereocenters. The van der Waals surface area contributed by atoms with Gasteiger partial charge < -0.3 is 10.6 Å². The molecule has 0 spiro atoms. The van der Waals surface area contributed by atoms with Gasteiger partial charge in [0.2, 0.25) is 0 Å². The Labute approximate surface area is 89.7 Å². The van der Waals surface area contributed by atoms with Gasteiger partial charge in [-0.15, -0.1) is 11.3 Å². The van der Waals surface area contributed by atoms with E-state index in [0.29, 0.717) is 6.04 Å². The van der Waals surface area contributed by atoms with Crippen molar-refractivity contribution in [3.05, 3.63) is 22.4 Å². The molecule has 2 nitrogen and oxygen atoms in total. The van der Waals surface area contributed by atoms with Gasteiger partial charge in [-0.25, -0.2) is 0 Å². The van der Waals surface area contributed by atoms with Crippen LogP contribution in [0, 0.1) is 0 Å². The molecule has 0 bridgehead atoms. The first kappa shape index (κ1) is 10.1. The van der Waals surface area contributed by atoms with Gasteiger partial charge in [-0.05, 0) is 11.4 Å². The van der Waals surface area contributed by atoms with Crippen molar-refractivity contribution in [2.24, 2.45) is 0 Å². The fourth-order valence-corrected chi connectivity index (χ4v) is 2.44. The first-order chi connectivity index (χ1) is 6.68. The van der Waals surface area contributed by atoms with Crippen molar-refractivity contribution in [1.29, 1.82) is 0 Å². The maximum Gasteiger partial charge on any atom is 0.0317 e. The lowest BCUT2D eigenvalue weighted by Gasteiger charge is -2.32. The lowest BCUT2D eigenvalue weighted by molar-refractivity contribution is 0.335. The first-order valence-corrected chi connectivity index (χ1v) is 6.04. The second-order valence-corrected chi connectivity index (χ2v) is 5.54. The van der Waals surface area contributed by atoms with Crippen LogP contribution in [0.2, 0.25) is 0 Å². The Bertz CT molecular complexity index is 275. The first-order valence-electron chi connectivity index (χ1n) is 5.16. The monoisotopic (exact) mass is 210 g/mol. The zero-order valence-corrected chi connectivity index (χ0v) is 9.66. The maximum atomic E-state index is 3.59. The molecule has 0 radical (unpaired) electrons. The van der Waals surface area contributed by atoms with E-state index in [2.05, 4.69) is 42.0 Å². The summed E-state index contributed by atoms with van der Waals surface area (Å²) in [4.78, 5) is 1.47. The van der Waals surface area contributed by atoms with Crippen molar-refractivity contribution >= 4 is 11.3 Å². The summed E-state index contributed by atoms with van der Waals surface area (Å²) in [7, 11) is 0. The third-order valence-corrected chi connectivity index (χ3v) is 4.04. The van der Waals surface area contributed by atoms with Gasteiger partial charge in [-0.1, -0.05) is 19.9 Å². The van der Waals surface area contributed by atoms with Crippen LogP contribution in [0.1, 0.15) is 18.7 Å². The minimum Gasteiger partial charge on any atom is -0.314 e. The Morgan fingerprint density at radius 3 is 2.86 bits per heavy atom. The van der Waals surface area contributed by atoms with E-state index in [-0.39, 0.29) is 5.41 Å². The van der Waals surface area contributed by atoms with E-state index in [9.17, 15) is 0 Å². The largest absolute Gasteiger partial charge is 0.314 e. The summed E-state index contributed by atoms with van der Waals surface area (Å²) in [6.45, 7) is 7.93. The van der Waals surface area contributed by atoms with Gasteiger partial charge in [0.15, 0.2) is 0 Å². The topological polar surface area (TPSA) is 24.1 Å². The summed E-state index contributed by atoms with van der Waals surface area (Å²) in [6.07, 6.45) is 0. The molecule has 14 heavy (non-hydrogen) atoms. The number of nitrogens with one attached hydrogen (secondary N) is 2. The van der Waals surface area contributed by atoms with Crippen LogP contribution in [0.4, 0.5) is 0 Å². The van der Waals surface area contributed by atoms with Gasteiger partial charge in [-0.3, -0.25) is 0 Å². The van der Waals surface area contributed by atoms with E-state index in [0.717, 1.165) is 19.6 Å². The summed E-state index contributed by atoms with van der Waals surface area (Å²) >= 11 is 1.85. The zero-order valence-electron chi connectivity index (χ0n) is 8.84. The van der Waals surface area contributed by atoms with Gasteiger partial charge in [0.05, 0.1) is 0 Å². The van der Waals surface area contributed by atoms with Crippen LogP contribution in [-0.2, 0) is 5.41 Å². The fraction of sp³-hybridized carbons (Fsp3) is 0.636. The highest BCUT2D eigenvalue weighted by Crippen LogP contribution is 2.26. The van der Waals surface area contributed by atoms with Crippen LogP contribution in [0.25, 0.3) is 0 Å². The highest BCUT2D eigenvalue weighted by Gasteiger charge is 2.24. The van der Waals surface area contributed by atoms with Crippen LogP contribution in [0.5, 0.6) is 0 Å². The number of rotatable bonds is 4. The summed E-state index contributed by atoms with van der Waals surface area (Å²) < 4.78 is 0. The van der Waals surface area contributed by atoms with E-state index in [1.54, 1.807) is 0 Å². The molecular weight excluding hydrogens is 192 g/mol. The molecule has 1 aromatic rings. The second kappa shape index (κ2) is 4.01. The van der Waals surface area contributed by atoms with Crippen LogP contribution >= 0.6 is 11.3 Å². The highest BCUT2D eigenvalue weighted by atomic mass is 32.1. The van der Waals surface area contributed by atoms with Gasteiger partial charge in [0.25, 0.3) is 0 Å². The molecule has 0 aromatic carbocycles. The molecule has 0 saturated carbocycles. The Morgan fingerprint density at radius 2 is 2.36 bits per heavy atom. The smallest absolute Gasteiger partial charge is 0.0317 e. The van der Waals surface area contributed by atoms with E-state index in [1.165, 1.54) is 4.88 Å². The average Bonchev–Trinajstić information content (AvgIpc) is 2.52. The lowest BCUT2D eigenvalue weighted by Crippen LogP contribution is -2.57. The SMILES string of the molecule is CC(C)(CNC1CNC1)c1cccs1. The Hall–Kier alpha value is -0.380. The standard InChI is InChI=1S/C11H18N2S/c1-11(2,10-4-3-5-14-10)8-13-9-6-12-7-9/h3-5,9,12-13H,6-8H2,1-2H3. The molecule has 1 aliphatic heterocycles. The maximum absolute atomic E-state index is 3.59. The van der Waals surface area contributed by atoms with Crippen molar-refractivity contribution in [3.8, 4) is 0 Å². The Kier molecular flexibility index (Phi) is 2.91. The molecule has 3 heteroatoms. The van der Waals surface area contributed by atoms with Crippen LogP contribution in [-0.4, -0.2) is 25.7 Å². The van der Waals surface area contributed by atoms with E-state index < -0.39 is 0 Å². The highest BCUT2D eigenvalue weighted by molar-refractivity contribution is 7.10. The molecule has 0 aliphatic carbocycles. The molecule has 2 N–H and O–H groups in total. The van der Waals surface area contributed by atoms with Gasteiger partial charge in [-0.2, -0.15) is 0 Å². The Balaban J connectivity index is 1.88. The molecule has 1 saturated heterocycles.